The van der Waals surface area contributed by atoms with Crippen LogP contribution in [0.2, 0.25) is 5.02 Å². The third-order valence-electron chi connectivity index (χ3n) is 2.93. The van der Waals surface area contributed by atoms with Gasteiger partial charge >= 0.3 is 0 Å². The first kappa shape index (κ1) is 14.2. The van der Waals surface area contributed by atoms with Gasteiger partial charge in [0.25, 0.3) is 5.91 Å². The number of hydrogen-bond acceptors (Lipinski definition) is 4. The quantitative estimate of drug-likeness (QED) is 0.804. The Morgan fingerprint density at radius 1 is 0.909 bits per heavy atom. The molecule has 0 radical (unpaired) electrons. The van der Waals surface area contributed by atoms with E-state index in [1.807, 2.05) is 18.2 Å². The molecule has 3 aromatic rings. The number of amides is 1. The summed E-state index contributed by atoms with van der Waals surface area (Å²) in [5.41, 5.74) is 1.87. The second kappa shape index (κ2) is 6.32. The van der Waals surface area contributed by atoms with Crippen molar-refractivity contribution in [1.29, 1.82) is 0 Å². The molecule has 2 heterocycles. The van der Waals surface area contributed by atoms with E-state index in [9.17, 15) is 4.79 Å². The molecule has 0 aliphatic heterocycles. The first-order chi connectivity index (χ1) is 10.7. The molecule has 6 heteroatoms. The third kappa shape index (κ3) is 3.27. The van der Waals surface area contributed by atoms with Gasteiger partial charge in [0, 0.05) is 16.8 Å². The topological polar surface area (TPSA) is 67.8 Å². The van der Waals surface area contributed by atoms with Gasteiger partial charge in [0.05, 0.1) is 18.1 Å². The first-order valence-electron chi connectivity index (χ1n) is 6.53. The van der Waals surface area contributed by atoms with Gasteiger partial charge in [-0.05, 0) is 36.4 Å². The zero-order valence-electron chi connectivity index (χ0n) is 11.4. The molecule has 3 rings (SSSR count). The second-order valence-corrected chi connectivity index (χ2v) is 4.90. The van der Waals surface area contributed by atoms with E-state index in [1.54, 1.807) is 36.7 Å². The van der Waals surface area contributed by atoms with E-state index in [-0.39, 0.29) is 5.91 Å². The third-order valence-corrected chi connectivity index (χ3v) is 3.18. The van der Waals surface area contributed by atoms with Crippen molar-refractivity contribution in [2.75, 3.05) is 5.32 Å². The molecule has 108 valence electrons. The fourth-order valence-electron chi connectivity index (χ4n) is 1.83. The lowest BCUT2D eigenvalue weighted by Crippen LogP contribution is -2.13. The van der Waals surface area contributed by atoms with Crippen molar-refractivity contribution in [3.8, 4) is 11.4 Å². The van der Waals surface area contributed by atoms with Crippen LogP contribution in [-0.2, 0) is 0 Å². The Kier molecular flexibility index (Phi) is 4.07. The molecular formula is C16H11ClN4O. The van der Waals surface area contributed by atoms with Crippen LogP contribution in [0.15, 0.2) is 61.1 Å². The SMILES string of the molecule is O=C(Nc1cnc(-c2ccccn2)cn1)c1ccc(Cl)cc1. The molecule has 0 unspecified atom stereocenters. The van der Waals surface area contributed by atoms with Gasteiger partial charge in [0.1, 0.15) is 5.69 Å². The molecule has 5 nitrogen and oxygen atoms in total. The summed E-state index contributed by atoms with van der Waals surface area (Å²) in [6.07, 6.45) is 4.75. The first-order valence-corrected chi connectivity index (χ1v) is 6.90. The van der Waals surface area contributed by atoms with Gasteiger partial charge in [-0.1, -0.05) is 17.7 Å². The standard InChI is InChI=1S/C16H11ClN4O/c17-12-6-4-11(5-7-12)16(22)21-15-10-19-14(9-20-15)13-3-1-2-8-18-13/h1-10H,(H,20,21,22). The Labute approximate surface area is 132 Å². The monoisotopic (exact) mass is 310 g/mol. The fourth-order valence-corrected chi connectivity index (χ4v) is 1.95. The van der Waals surface area contributed by atoms with Gasteiger partial charge in [0.2, 0.25) is 0 Å². The lowest BCUT2D eigenvalue weighted by molar-refractivity contribution is 0.102. The predicted octanol–water partition coefficient (Wildman–Crippen LogP) is 3.44. The molecule has 0 spiro atoms. The maximum Gasteiger partial charge on any atom is 0.256 e. The molecule has 0 saturated heterocycles. The maximum atomic E-state index is 12.0. The van der Waals surface area contributed by atoms with Crippen molar-refractivity contribution in [2.24, 2.45) is 0 Å². The van der Waals surface area contributed by atoms with E-state index >= 15 is 0 Å². The van der Waals surface area contributed by atoms with Gasteiger partial charge in [-0.25, -0.2) is 9.97 Å². The molecule has 0 bridgehead atoms. The minimum Gasteiger partial charge on any atom is -0.305 e. The van der Waals surface area contributed by atoms with Crippen molar-refractivity contribution < 1.29 is 4.79 Å². The molecule has 0 aliphatic rings. The number of hydrogen-bond donors (Lipinski definition) is 1. The highest BCUT2D eigenvalue weighted by Crippen LogP contribution is 2.14. The van der Waals surface area contributed by atoms with Gasteiger partial charge in [-0.2, -0.15) is 0 Å². The van der Waals surface area contributed by atoms with Crippen LogP contribution in [0.25, 0.3) is 11.4 Å². The van der Waals surface area contributed by atoms with Crippen LogP contribution in [0.5, 0.6) is 0 Å². The number of aromatic nitrogens is 3. The molecule has 1 aromatic carbocycles. The highest BCUT2D eigenvalue weighted by Gasteiger charge is 2.07. The summed E-state index contributed by atoms with van der Waals surface area (Å²) in [6.45, 7) is 0. The van der Waals surface area contributed by atoms with Crippen molar-refractivity contribution in [3.63, 3.8) is 0 Å². The minimum atomic E-state index is -0.267. The van der Waals surface area contributed by atoms with Crippen LogP contribution in [0, 0.1) is 0 Å². The van der Waals surface area contributed by atoms with E-state index in [1.165, 1.54) is 6.20 Å². The van der Waals surface area contributed by atoms with E-state index in [0.717, 1.165) is 5.69 Å². The Balaban J connectivity index is 1.73. The van der Waals surface area contributed by atoms with Gasteiger partial charge in [0.15, 0.2) is 5.82 Å². The number of carbonyl (C=O) groups excluding carboxylic acids is 1. The minimum absolute atomic E-state index is 0.267. The molecule has 2 aromatic heterocycles. The van der Waals surface area contributed by atoms with Gasteiger partial charge in [-0.15, -0.1) is 0 Å². The molecule has 0 atom stereocenters. The van der Waals surface area contributed by atoms with Gasteiger partial charge in [-0.3, -0.25) is 9.78 Å². The number of nitrogens with one attached hydrogen (secondary N) is 1. The Morgan fingerprint density at radius 3 is 2.36 bits per heavy atom. The Bertz CT molecular complexity index is 774. The molecule has 22 heavy (non-hydrogen) atoms. The lowest BCUT2D eigenvalue weighted by Gasteiger charge is -2.05. The second-order valence-electron chi connectivity index (χ2n) is 4.46. The van der Waals surface area contributed by atoms with Crippen molar-refractivity contribution >= 4 is 23.3 Å². The van der Waals surface area contributed by atoms with Crippen LogP contribution in [0.4, 0.5) is 5.82 Å². The number of pyridine rings is 1. The molecule has 0 fully saturated rings. The summed E-state index contributed by atoms with van der Waals surface area (Å²) in [5, 5.41) is 3.26. The summed E-state index contributed by atoms with van der Waals surface area (Å²) in [7, 11) is 0. The molecule has 1 N–H and O–H groups in total. The zero-order chi connectivity index (χ0) is 15.4. The Morgan fingerprint density at radius 2 is 1.73 bits per heavy atom. The molecule has 1 amide bonds. The number of halogens is 1. The molecule has 0 aliphatic carbocycles. The number of anilines is 1. The smallest absolute Gasteiger partial charge is 0.256 e. The van der Waals surface area contributed by atoms with Crippen molar-refractivity contribution in [3.05, 3.63) is 71.6 Å². The molecule has 0 saturated carbocycles. The fraction of sp³-hybridized carbons (Fsp3) is 0. The van der Waals surface area contributed by atoms with Crippen molar-refractivity contribution in [2.45, 2.75) is 0 Å². The number of rotatable bonds is 3. The van der Waals surface area contributed by atoms with Crippen LogP contribution in [-0.4, -0.2) is 20.9 Å². The number of nitrogens with zero attached hydrogens (tertiary/aromatic N) is 3. The maximum absolute atomic E-state index is 12.0. The van der Waals surface area contributed by atoms with E-state index in [0.29, 0.717) is 22.1 Å². The highest BCUT2D eigenvalue weighted by molar-refractivity contribution is 6.30. The highest BCUT2D eigenvalue weighted by atomic mass is 35.5. The average Bonchev–Trinajstić information content (AvgIpc) is 2.57. The average molecular weight is 311 g/mol. The summed E-state index contributed by atoms with van der Waals surface area (Å²) in [4.78, 5) is 24.7. The normalized spacial score (nSPS) is 10.2. The van der Waals surface area contributed by atoms with E-state index in [2.05, 4.69) is 20.3 Å². The largest absolute Gasteiger partial charge is 0.305 e. The lowest BCUT2D eigenvalue weighted by atomic mass is 10.2. The number of carbonyl (C=O) groups is 1. The van der Waals surface area contributed by atoms with E-state index < -0.39 is 0 Å². The number of benzene rings is 1. The van der Waals surface area contributed by atoms with Crippen LogP contribution in [0.3, 0.4) is 0 Å². The predicted molar refractivity (Wildman–Crippen MR) is 84.7 cm³/mol. The van der Waals surface area contributed by atoms with E-state index in [4.69, 9.17) is 11.6 Å². The zero-order valence-corrected chi connectivity index (χ0v) is 12.2. The summed E-state index contributed by atoms with van der Waals surface area (Å²) in [5.74, 6) is 0.108. The molecular weight excluding hydrogens is 300 g/mol. The van der Waals surface area contributed by atoms with Crippen molar-refractivity contribution in [1.82, 2.24) is 15.0 Å². The van der Waals surface area contributed by atoms with Crippen LogP contribution in [0.1, 0.15) is 10.4 Å². The van der Waals surface area contributed by atoms with Crippen LogP contribution >= 0.6 is 11.6 Å². The summed E-state index contributed by atoms with van der Waals surface area (Å²) < 4.78 is 0. The van der Waals surface area contributed by atoms with Crippen LogP contribution < -0.4 is 5.32 Å². The van der Waals surface area contributed by atoms with Gasteiger partial charge < -0.3 is 5.32 Å². The Hall–Kier alpha value is -2.79. The summed E-state index contributed by atoms with van der Waals surface area (Å²) >= 11 is 5.79. The summed E-state index contributed by atoms with van der Waals surface area (Å²) in [6, 6.07) is 12.2.